The lowest BCUT2D eigenvalue weighted by atomic mass is 9.88. The first-order valence-electron chi connectivity index (χ1n) is 12.1. The molecule has 0 spiro atoms. The van der Waals surface area contributed by atoms with Gasteiger partial charge >= 0.3 is 0 Å². The van der Waals surface area contributed by atoms with Crippen molar-refractivity contribution in [1.82, 2.24) is 4.40 Å². The molecule has 0 saturated heterocycles. The van der Waals surface area contributed by atoms with Gasteiger partial charge in [-0.15, -0.1) is 0 Å². The third kappa shape index (κ3) is 1.93. The van der Waals surface area contributed by atoms with Crippen molar-refractivity contribution in [2.75, 3.05) is 10.6 Å². The number of nitrogens with one attached hydrogen (secondary N) is 2. The summed E-state index contributed by atoms with van der Waals surface area (Å²) < 4.78 is 9.00. The molecule has 3 unspecified atom stereocenters. The smallest absolute Gasteiger partial charge is 0.137 e. The molecular weight excluding hydrogens is 418 g/mol. The Balaban J connectivity index is 1.38. The lowest BCUT2D eigenvalue weighted by Crippen LogP contribution is -2.39. The average Bonchev–Trinajstić information content (AvgIpc) is 3.54. The van der Waals surface area contributed by atoms with Gasteiger partial charge in [-0.2, -0.15) is 0 Å². The van der Waals surface area contributed by atoms with Gasteiger partial charge in [-0.25, -0.2) is 0 Å². The standard InChI is InChI=1S/C30H21N3O/c1-2-7-17-16(6-1)12-15-23-25(17)32-30-26(31-23)22-10-5-9-19-20-13-14-21-18-8-3-4-11-24(18)34-29(21)28(20)33(30)27(19)22/h1-13,15,21,23,25,31-32H,14H2. The lowest BCUT2D eigenvalue weighted by molar-refractivity contribution is 0.506. The Labute approximate surface area is 195 Å². The zero-order valence-electron chi connectivity index (χ0n) is 18.4. The third-order valence-electron chi connectivity index (χ3n) is 8.16. The fraction of sp³-hybridized carbons (Fsp3) is 0.133. The van der Waals surface area contributed by atoms with E-state index in [0.717, 1.165) is 23.7 Å². The van der Waals surface area contributed by atoms with Crippen molar-refractivity contribution < 1.29 is 4.74 Å². The molecule has 2 N–H and O–H groups in total. The van der Waals surface area contributed by atoms with Crippen LogP contribution in [0, 0.1) is 0 Å². The summed E-state index contributed by atoms with van der Waals surface area (Å²) in [6.07, 6.45) is 7.93. The summed E-state index contributed by atoms with van der Waals surface area (Å²) >= 11 is 0. The van der Waals surface area contributed by atoms with Crippen LogP contribution in [-0.4, -0.2) is 10.4 Å². The molecule has 34 heavy (non-hydrogen) atoms. The van der Waals surface area contributed by atoms with E-state index in [1.807, 2.05) is 0 Å². The van der Waals surface area contributed by atoms with E-state index >= 15 is 0 Å². The number of para-hydroxylation sites is 2. The van der Waals surface area contributed by atoms with E-state index < -0.39 is 0 Å². The number of anilines is 2. The topological polar surface area (TPSA) is 37.7 Å². The van der Waals surface area contributed by atoms with Gasteiger partial charge in [-0.05, 0) is 23.6 Å². The molecular formula is C30H21N3O. The maximum Gasteiger partial charge on any atom is 0.137 e. The predicted molar refractivity (Wildman–Crippen MR) is 137 cm³/mol. The van der Waals surface area contributed by atoms with Crippen LogP contribution < -0.4 is 25.9 Å². The predicted octanol–water partition coefficient (Wildman–Crippen LogP) is 4.97. The molecule has 3 aromatic carbocycles. The molecule has 2 aliphatic heterocycles. The number of fused-ring (bicyclic) bond motifs is 12. The maximum absolute atomic E-state index is 6.57. The molecule has 0 fully saturated rings. The highest BCUT2D eigenvalue weighted by molar-refractivity contribution is 6.10. The van der Waals surface area contributed by atoms with Crippen molar-refractivity contribution in [1.29, 1.82) is 0 Å². The Hall–Kier alpha value is -4.18. The Morgan fingerprint density at radius 3 is 2.68 bits per heavy atom. The zero-order chi connectivity index (χ0) is 22.0. The first-order chi connectivity index (χ1) is 16.9. The molecule has 5 aromatic rings. The normalized spacial score (nSPS) is 23.1. The van der Waals surface area contributed by atoms with Crippen LogP contribution in [0.4, 0.5) is 11.5 Å². The number of rotatable bonds is 0. The van der Waals surface area contributed by atoms with Crippen LogP contribution in [-0.2, 0) is 0 Å². The van der Waals surface area contributed by atoms with Crippen molar-refractivity contribution >= 4 is 45.7 Å². The second-order valence-corrected chi connectivity index (χ2v) is 9.80. The van der Waals surface area contributed by atoms with Gasteiger partial charge in [0.25, 0.3) is 0 Å². The number of nitrogens with zero attached hydrogens (tertiary/aromatic N) is 1. The molecule has 0 bridgehead atoms. The van der Waals surface area contributed by atoms with Gasteiger partial charge < -0.3 is 15.4 Å². The highest BCUT2D eigenvalue weighted by Crippen LogP contribution is 2.47. The Morgan fingerprint density at radius 1 is 0.853 bits per heavy atom. The summed E-state index contributed by atoms with van der Waals surface area (Å²) in [5, 5.41) is 12.9. The Bertz CT molecular complexity index is 1840. The van der Waals surface area contributed by atoms with Gasteiger partial charge in [0, 0.05) is 21.6 Å². The molecule has 2 aliphatic carbocycles. The molecule has 2 aromatic heterocycles. The third-order valence-corrected chi connectivity index (χ3v) is 8.16. The zero-order valence-corrected chi connectivity index (χ0v) is 18.4. The van der Waals surface area contributed by atoms with Crippen molar-refractivity contribution in [2.45, 2.75) is 24.4 Å². The van der Waals surface area contributed by atoms with E-state index in [2.05, 4.69) is 100.0 Å². The van der Waals surface area contributed by atoms with E-state index in [1.165, 1.54) is 49.2 Å². The summed E-state index contributed by atoms with van der Waals surface area (Å²) in [4.78, 5) is 0. The van der Waals surface area contributed by atoms with E-state index in [0.29, 0.717) is 0 Å². The summed E-state index contributed by atoms with van der Waals surface area (Å²) in [5.41, 5.74) is 6.38. The minimum Gasteiger partial charge on any atom is -0.459 e. The first-order valence-corrected chi connectivity index (χ1v) is 12.1. The van der Waals surface area contributed by atoms with Crippen LogP contribution in [0.5, 0.6) is 5.75 Å². The van der Waals surface area contributed by atoms with Crippen molar-refractivity contribution in [3.8, 4) is 5.75 Å². The van der Waals surface area contributed by atoms with Crippen LogP contribution in [0.3, 0.4) is 0 Å². The van der Waals surface area contributed by atoms with E-state index in [-0.39, 0.29) is 18.0 Å². The molecule has 0 saturated carbocycles. The molecule has 0 amide bonds. The number of aromatic nitrogens is 1. The summed E-state index contributed by atoms with van der Waals surface area (Å²) in [6.45, 7) is 0. The van der Waals surface area contributed by atoms with Crippen molar-refractivity contribution in [2.24, 2.45) is 0 Å². The van der Waals surface area contributed by atoms with Crippen LogP contribution in [0.2, 0.25) is 0 Å². The molecule has 4 nitrogen and oxygen atoms in total. The number of ether oxygens (including phenoxy) is 1. The average molecular weight is 440 g/mol. The molecule has 0 radical (unpaired) electrons. The largest absolute Gasteiger partial charge is 0.459 e. The van der Waals surface area contributed by atoms with Gasteiger partial charge in [0.15, 0.2) is 0 Å². The van der Waals surface area contributed by atoms with Crippen LogP contribution >= 0.6 is 0 Å². The van der Waals surface area contributed by atoms with Crippen LogP contribution in [0.1, 0.15) is 35.1 Å². The van der Waals surface area contributed by atoms with E-state index in [4.69, 9.17) is 4.74 Å². The lowest BCUT2D eigenvalue weighted by Gasteiger charge is -2.36. The highest BCUT2D eigenvalue weighted by Gasteiger charge is 2.37. The summed E-state index contributed by atoms with van der Waals surface area (Å²) in [5.74, 6) is 3.50. The summed E-state index contributed by atoms with van der Waals surface area (Å²) in [6, 6.07) is 24.3. The Morgan fingerprint density at radius 2 is 1.71 bits per heavy atom. The highest BCUT2D eigenvalue weighted by atomic mass is 16.5. The number of benzene rings is 3. The van der Waals surface area contributed by atoms with Gasteiger partial charge in [0.1, 0.15) is 17.3 Å². The first kappa shape index (κ1) is 17.3. The Kier molecular flexibility index (Phi) is 2.97. The van der Waals surface area contributed by atoms with Crippen LogP contribution in [0.15, 0.2) is 72.8 Å². The monoisotopic (exact) mass is 439 g/mol. The second-order valence-electron chi connectivity index (χ2n) is 9.80. The number of hydrogen-bond donors (Lipinski definition) is 2. The fourth-order valence-corrected chi connectivity index (χ4v) is 6.70. The minimum atomic E-state index is 0.178. The molecule has 4 heteroatoms. The van der Waals surface area contributed by atoms with Gasteiger partial charge in [-0.3, -0.25) is 4.40 Å². The maximum atomic E-state index is 6.57. The van der Waals surface area contributed by atoms with Crippen molar-refractivity contribution in [3.05, 3.63) is 100 Å². The quantitative estimate of drug-likeness (QED) is 0.358. The SMILES string of the molecule is C1=CC2Nc3c(n4c5c(c6cccc3c64)=CCC3C=5Oc4ccccc43)NC2c2ccccc21. The molecule has 4 aliphatic rings. The molecule has 4 heterocycles. The fourth-order valence-electron chi connectivity index (χ4n) is 6.70. The van der Waals surface area contributed by atoms with Crippen LogP contribution in [0.25, 0.3) is 34.2 Å². The van der Waals surface area contributed by atoms with Gasteiger partial charge in [0.2, 0.25) is 0 Å². The summed E-state index contributed by atoms with van der Waals surface area (Å²) in [7, 11) is 0. The number of hydrogen-bond acceptors (Lipinski definition) is 3. The van der Waals surface area contributed by atoms with Crippen molar-refractivity contribution in [3.63, 3.8) is 0 Å². The second kappa shape index (κ2) is 5.84. The molecule has 3 atom stereocenters. The molecule has 162 valence electrons. The van der Waals surface area contributed by atoms with E-state index in [9.17, 15) is 0 Å². The van der Waals surface area contributed by atoms with Gasteiger partial charge in [0.05, 0.1) is 34.6 Å². The molecule has 9 rings (SSSR count). The minimum absolute atomic E-state index is 0.178. The van der Waals surface area contributed by atoms with E-state index in [1.54, 1.807) is 0 Å². The van der Waals surface area contributed by atoms with Gasteiger partial charge in [-0.1, -0.05) is 78.9 Å².